The summed E-state index contributed by atoms with van der Waals surface area (Å²) in [5.41, 5.74) is 6.20. The summed E-state index contributed by atoms with van der Waals surface area (Å²) >= 11 is 0. The van der Waals surface area contributed by atoms with Gasteiger partial charge in [-0.05, 0) is 44.9 Å². The molecule has 0 aromatic heterocycles. The van der Waals surface area contributed by atoms with Gasteiger partial charge in [-0.15, -0.1) is 0 Å². The Balaban J connectivity index is 2.73. The number of primary amides is 1. The minimum atomic E-state index is -0.575. The van der Waals surface area contributed by atoms with Gasteiger partial charge in [0.2, 0.25) is 0 Å². The third-order valence-corrected chi connectivity index (χ3v) is 3.12. The molecule has 0 aliphatic heterocycles. The standard InChI is InChI=1S/C15H22N2O3/c1-5-15(3,4)17-13(18)9-20-12-8-10(2)6-7-11(12)14(16)19/h6-8H,5,9H2,1-4H3,(H2,16,19)(H,17,18). The molecule has 5 heteroatoms. The first-order chi connectivity index (χ1) is 9.25. The SMILES string of the molecule is CCC(C)(C)NC(=O)COc1cc(C)ccc1C(N)=O. The van der Waals surface area contributed by atoms with Crippen molar-refractivity contribution in [2.24, 2.45) is 5.73 Å². The fraction of sp³-hybridized carbons (Fsp3) is 0.467. The zero-order valence-corrected chi connectivity index (χ0v) is 12.4. The maximum absolute atomic E-state index is 11.8. The van der Waals surface area contributed by atoms with Gasteiger partial charge < -0.3 is 15.8 Å². The van der Waals surface area contributed by atoms with E-state index in [1.54, 1.807) is 18.2 Å². The lowest BCUT2D eigenvalue weighted by Crippen LogP contribution is -2.45. The first kappa shape index (κ1) is 16.0. The van der Waals surface area contributed by atoms with E-state index in [1.165, 1.54) is 0 Å². The molecule has 0 aliphatic carbocycles. The number of amides is 2. The van der Waals surface area contributed by atoms with Crippen LogP contribution >= 0.6 is 0 Å². The predicted molar refractivity (Wildman–Crippen MR) is 77.7 cm³/mol. The summed E-state index contributed by atoms with van der Waals surface area (Å²) in [6, 6.07) is 5.06. The number of aryl methyl sites for hydroxylation is 1. The molecule has 2 amide bonds. The monoisotopic (exact) mass is 278 g/mol. The van der Waals surface area contributed by atoms with Crippen molar-refractivity contribution in [2.45, 2.75) is 39.7 Å². The van der Waals surface area contributed by atoms with Crippen LogP contribution in [0.15, 0.2) is 18.2 Å². The highest BCUT2D eigenvalue weighted by Gasteiger charge is 2.18. The summed E-state index contributed by atoms with van der Waals surface area (Å²) in [4.78, 5) is 23.1. The Labute approximate surface area is 119 Å². The van der Waals surface area contributed by atoms with Crippen LogP contribution in [0.3, 0.4) is 0 Å². The minimum Gasteiger partial charge on any atom is -0.483 e. The summed E-state index contributed by atoms with van der Waals surface area (Å²) in [6.07, 6.45) is 0.815. The number of nitrogens with two attached hydrogens (primary N) is 1. The summed E-state index contributed by atoms with van der Waals surface area (Å²) in [5.74, 6) is -0.468. The molecule has 5 nitrogen and oxygen atoms in total. The van der Waals surface area contributed by atoms with Crippen molar-refractivity contribution in [3.63, 3.8) is 0 Å². The van der Waals surface area contributed by atoms with Gasteiger partial charge in [-0.2, -0.15) is 0 Å². The molecule has 0 aliphatic rings. The summed E-state index contributed by atoms with van der Waals surface area (Å²) in [6.45, 7) is 7.59. The van der Waals surface area contributed by atoms with Gasteiger partial charge in [0.1, 0.15) is 5.75 Å². The molecule has 1 rings (SSSR count). The Morgan fingerprint density at radius 3 is 2.55 bits per heavy atom. The number of nitrogens with one attached hydrogen (secondary N) is 1. The molecule has 0 radical (unpaired) electrons. The van der Waals surface area contributed by atoms with Gasteiger partial charge in [0.25, 0.3) is 11.8 Å². The molecule has 0 unspecified atom stereocenters. The average Bonchev–Trinajstić information content (AvgIpc) is 2.35. The second kappa shape index (κ2) is 6.41. The second-order valence-electron chi connectivity index (χ2n) is 5.44. The molecular weight excluding hydrogens is 256 g/mol. The van der Waals surface area contributed by atoms with Crippen molar-refractivity contribution in [2.75, 3.05) is 6.61 Å². The van der Waals surface area contributed by atoms with E-state index in [-0.39, 0.29) is 23.6 Å². The van der Waals surface area contributed by atoms with Crippen LogP contribution in [-0.4, -0.2) is 24.0 Å². The highest BCUT2D eigenvalue weighted by molar-refractivity contribution is 5.95. The van der Waals surface area contributed by atoms with Crippen molar-refractivity contribution < 1.29 is 14.3 Å². The zero-order valence-electron chi connectivity index (χ0n) is 12.4. The molecule has 0 heterocycles. The van der Waals surface area contributed by atoms with E-state index in [0.29, 0.717) is 5.75 Å². The molecule has 0 saturated carbocycles. The van der Waals surface area contributed by atoms with Crippen LogP contribution < -0.4 is 15.8 Å². The Kier molecular flexibility index (Phi) is 5.13. The van der Waals surface area contributed by atoms with Gasteiger partial charge in [0.05, 0.1) is 5.56 Å². The smallest absolute Gasteiger partial charge is 0.258 e. The Hall–Kier alpha value is -2.04. The molecular formula is C15H22N2O3. The number of ether oxygens (including phenoxy) is 1. The molecule has 20 heavy (non-hydrogen) atoms. The van der Waals surface area contributed by atoms with Crippen LogP contribution in [0.4, 0.5) is 0 Å². The molecule has 110 valence electrons. The molecule has 0 spiro atoms. The van der Waals surface area contributed by atoms with Crippen LogP contribution in [0.1, 0.15) is 43.1 Å². The molecule has 3 N–H and O–H groups in total. The maximum Gasteiger partial charge on any atom is 0.258 e. The first-order valence-corrected chi connectivity index (χ1v) is 6.59. The fourth-order valence-corrected chi connectivity index (χ4v) is 1.60. The van der Waals surface area contributed by atoms with Crippen molar-refractivity contribution >= 4 is 11.8 Å². The van der Waals surface area contributed by atoms with Gasteiger partial charge in [0, 0.05) is 5.54 Å². The van der Waals surface area contributed by atoms with Crippen LogP contribution in [0.25, 0.3) is 0 Å². The Morgan fingerprint density at radius 1 is 1.35 bits per heavy atom. The number of benzene rings is 1. The van der Waals surface area contributed by atoms with Crippen LogP contribution in [-0.2, 0) is 4.79 Å². The van der Waals surface area contributed by atoms with E-state index in [0.717, 1.165) is 12.0 Å². The third-order valence-electron chi connectivity index (χ3n) is 3.12. The number of hydrogen-bond donors (Lipinski definition) is 2. The molecule has 1 aromatic rings. The number of carbonyl (C=O) groups excluding carboxylic acids is 2. The maximum atomic E-state index is 11.8. The first-order valence-electron chi connectivity index (χ1n) is 6.59. The molecule has 0 bridgehead atoms. The van der Waals surface area contributed by atoms with Gasteiger partial charge in [-0.1, -0.05) is 13.0 Å². The minimum absolute atomic E-state index is 0.146. The quantitative estimate of drug-likeness (QED) is 0.832. The number of rotatable bonds is 6. The van der Waals surface area contributed by atoms with Gasteiger partial charge in [0.15, 0.2) is 6.61 Å². The van der Waals surface area contributed by atoms with Crippen LogP contribution in [0, 0.1) is 6.92 Å². The summed E-state index contributed by atoms with van der Waals surface area (Å²) in [5, 5.41) is 2.86. The van der Waals surface area contributed by atoms with Gasteiger partial charge in [-0.25, -0.2) is 0 Å². The largest absolute Gasteiger partial charge is 0.483 e. The number of carbonyl (C=O) groups is 2. The third kappa shape index (κ3) is 4.57. The lowest BCUT2D eigenvalue weighted by molar-refractivity contribution is -0.124. The average molecular weight is 278 g/mol. The van der Waals surface area contributed by atoms with Crippen LogP contribution in [0.2, 0.25) is 0 Å². The van der Waals surface area contributed by atoms with Crippen molar-refractivity contribution in [1.82, 2.24) is 5.32 Å². The van der Waals surface area contributed by atoms with E-state index in [1.807, 2.05) is 27.7 Å². The Bertz CT molecular complexity index is 510. The predicted octanol–water partition coefficient (Wildman–Crippen LogP) is 1.78. The van der Waals surface area contributed by atoms with E-state index in [2.05, 4.69) is 5.32 Å². The van der Waals surface area contributed by atoms with E-state index >= 15 is 0 Å². The normalized spacial score (nSPS) is 11.0. The molecule has 0 atom stereocenters. The van der Waals surface area contributed by atoms with Crippen molar-refractivity contribution in [3.05, 3.63) is 29.3 Å². The zero-order chi connectivity index (χ0) is 15.3. The summed E-state index contributed by atoms with van der Waals surface area (Å²) < 4.78 is 5.42. The van der Waals surface area contributed by atoms with E-state index in [9.17, 15) is 9.59 Å². The lowest BCUT2D eigenvalue weighted by Gasteiger charge is -2.24. The Morgan fingerprint density at radius 2 is 2.00 bits per heavy atom. The van der Waals surface area contributed by atoms with Crippen molar-refractivity contribution in [3.8, 4) is 5.75 Å². The van der Waals surface area contributed by atoms with Crippen LogP contribution in [0.5, 0.6) is 5.75 Å². The van der Waals surface area contributed by atoms with Gasteiger partial charge in [-0.3, -0.25) is 9.59 Å². The lowest BCUT2D eigenvalue weighted by atomic mass is 10.0. The van der Waals surface area contributed by atoms with E-state index in [4.69, 9.17) is 10.5 Å². The fourth-order valence-electron chi connectivity index (χ4n) is 1.60. The van der Waals surface area contributed by atoms with E-state index < -0.39 is 5.91 Å². The number of hydrogen-bond acceptors (Lipinski definition) is 3. The molecule has 1 aromatic carbocycles. The topological polar surface area (TPSA) is 81.4 Å². The highest BCUT2D eigenvalue weighted by atomic mass is 16.5. The van der Waals surface area contributed by atoms with Crippen molar-refractivity contribution in [1.29, 1.82) is 0 Å². The van der Waals surface area contributed by atoms with Gasteiger partial charge >= 0.3 is 0 Å². The summed E-state index contributed by atoms with van der Waals surface area (Å²) in [7, 11) is 0. The molecule has 0 saturated heterocycles. The highest BCUT2D eigenvalue weighted by Crippen LogP contribution is 2.19. The molecule has 0 fully saturated rings. The second-order valence-corrected chi connectivity index (χ2v) is 5.44.